The molecular weight excluding hydrogens is 433 g/mol. The van der Waals surface area contributed by atoms with Crippen LogP contribution in [-0.2, 0) is 19.3 Å². The van der Waals surface area contributed by atoms with Crippen LogP contribution in [0.25, 0.3) is 16.6 Å². The van der Waals surface area contributed by atoms with Gasteiger partial charge in [-0.25, -0.2) is 4.98 Å². The van der Waals surface area contributed by atoms with Crippen molar-refractivity contribution in [1.29, 1.82) is 0 Å². The van der Waals surface area contributed by atoms with Crippen LogP contribution in [0.4, 0.5) is 13.2 Å². The number of aromatic carboxylic acids is 1. The molecule has 0 N–H and O–H groups in total. The molecule has 2 heterocycles. The van der Waals surface area contributed by atoms with E-state index in [2.05, 4.69) is 4.98 Å². The van der Waals surface area contributed by atoms with Gasteiger partial charge in [0, 0.05) is 12.1 Å². The van der Waals surface area contributed by atoms with Crippen molar-refractivity contribution in [3.63, 3.8) is 0 Å². The summed E-state index contributed by atoms with van der Waals surface area (Å²) in [6, 6.07) is 15.6. The molecule has 1 aliphatic heterocycles. The van der Waals surface area contributed by atoms with Gasteiger partial charge >= 0.3 is 6.18 Å². The molecule has 4 aromatic rings. The van der Waals surface area contributed by atoms with Crippen LogP contribution in [0.2, 0.25) is 0 Å². The Labute approximate surface area is 186 Å². The Morgan fingerprint density at radius 3 is 2.70 bits per heavy atom. The molecule has 5 rings (SSSR count). The van der Waals surface area contributed by atoms with Crippen molar-refractivity contribution >= 4 is 22.6 Å². The van der Waals surface area contributed by atoms with E-state index in [0.29, 0.717) is 30.0 Å². The fourth-order valence-electron chi connectivity index (χ4n) is 4.00. The number of benzene rings is 3. The third kappa shape index (κ3) is 3.84. The standard InChI is InChI=1S/C25H17F3N2O3/c26-25(27,28)17-6-7-22-21(12-17)29-14-30(22)10-9-19-18-4-2-1-3-16(18)13-33-23-8-5-15(24(31)32)11-20(19)23/h1-9,11-12,14H,10,13H2,(H,31,32)/p-1/b19-9+. The third-order valence-electron chi connectivity index (χ3n) is 5.64. The summed E-state index contributed by atoms with van der Waals surface area (Å²) in [5.74, 6) is -0.761. The lowest BCUT2D eigenvalue weighted by atomic mass is 9.93. The fourth-order valence-corrected chi connectivity index (χ4v) is 4.00. The average Bonchev–Trinajstić information content (AvgIpc) is 3.13. The quantitative estimate of drug-likeness (QED) is 0.464. The zero-order valence-electron chi connectivity index (χ0n) is 17.1. The predicted molar refractivity (Wildman–Crippen MR) is 113 cm³/mol. The number of alkyl halides is 3. The molecular formula is C25H16F3N2O3-. The van der Waals surface area contributed by atoms with Crippen molar-refractivity contribution in [2.24, 2.45) is 0 Å². The summed E-state index contributed by atoms with van der Waals surface area (Å²) in [7, 11) is 0. The van der Waals surface area contributed by atoms with Crippen LogP contribution in [0.15, 0.2) is 73.1 Å². The Morgan fingerprint density at radius 1 is 1.09 bits per heavy atom. The molecule has 33 heavy (non-hydrogen) atoms. The molecule has 0 saturated heterocycles. The number of allylic oxidation sites excluding steroid dienone is 1. The summed E-state index contributed by atoms with van der Waals surface area (Å²) < 4.78 is 46.7. The Bertz CT molecular complexity index is 1420. The van der Waals surface area contributed by atoms with E-state index >= 15 is 0 Å². The monoisotopic (exact) mass is 449 g/mol. The number of imidazole rings is 1. The number of hydrogen-bond donors (Lipinski definition) is 0. The summed E-state index contributed by atoms with van der Waals surface area (Å²) in [6.07, 6.45) is -1.06. The Kier molecular flexibility index (Phi) is 4.92. The number of carbonyl (C=O) groups is 1. The van der Waals surface area contributed by atoms with Gasteiger partial charge in [0.15, 0.2) is 0 Å². The smallest absolute Gasteiger partial charge is 0.416 e. The lowest BCUT2D eigenvalue weighted by molar-refractivity contribution is -0.255. The maximum atomic E-state index is 13.0. The first kappa shape index (κ1) is 20.8. The Balaban J connectivity index is 1.61. The second-order valence-electron chi connectivity index (χ2n) is 7.66. The molecule has 0 unspecified atom stereocenters. The minimum absolute atomic E-state index is 0.0235. The topological polar surface area (TPSA) is 67.2 Å². The molecule has 0 amide bonds. The SMILES string of the molecule is O=C([O-])c1ccc2c(c1)/C(=C/Cn1cnc3cc(C(F)(F)F)ccc31)c1ccccc1CO2. The van der Waals surface area contributed by atoms with E-state index in [1.807, 2.05) is 30.3 Å². The first-order chi connectivity index (χ1) is 15.8. The third-order valence-corrected chi connectivity index (χ3v) is 5.64. The van der Waals surface area contributed by atoms with Crippen LogP contribution in [0.5, 0.6) is 5.75 Å². The highest BCUT2D eigenvalue weighted by molar-refractivity contribution is 5.91. The summed E-state index contributed by atoms with van der Waals surface area (Å²) >= 11 is 0. The maximum Gasteiger partial charge on any atom is 0.416 e. The van der Waals surface area contributed by atoms with Crippen LogP contribution >= 0.6 is 0 Å². The van der Waals surface area contributed by atoms with Gasteiger partial charge in [-0.05, 0) is 58.7 Å². The van der Waals surface area contributed by atoms with Gasteiger partial charge in [-0.3, -0.25) is 0 Å². The van der Waals surface area contributed by atoms with E-state index in [1.165, 1.54) is 24.5 Å². The number of nitrogens with zero attached hydrogens (tertiary/aromatic N) is 2. The number of halogens is 3. The van der Waals surface area contributed by atoms with Crippen LogP contribution in [0.3, 0.4) is 0 Å². The molecule has 0 radical (unpaired) electrons. The molecule has 0 bridgehead atoms. The van der Waals surface area contributed by atoms with Crippen LogP contribution < -0.4 is 9.84 Å². The second kappa shape index (κ2) is 7.81. The average molecular weight is 449 g/mol. The zero-order chi connectivity index (χ0) is 23.2. The van der Waals surface area contributed by atoms with Gasteiger partial charge < -0.3 is 19.2 Å². The minimum atomic E-state index is -4.44. The number of ether oxygens (including phenoxy) is 1. The number of carboxylic acids is 1. The number of fused-ring (bicyclic) bond motifs is 3. The predicted octanol–water partition coefficient (Wildman–Crippen LogP) is 4.44. The van der Waals surface area contributed by atoms with Crippen molar-refractivity contribution in [1.82, 2.24) is 9.55 Å². The van der Waals surface area contributed by atoms with Crippen LogP contribution in [0, 0.1) is 0 Å². The van der Waals surface area contributed by atoms with Gasteiger partial charge in [0.1, 0.15) is 12.4 Å². The molecule has 0 fully saturated rings. The first-order valence-corrected chi connectivity index (χ1v) is 10.1. The van der Waals surface area contributed by atoms with Crippen molar-refractivity contribution in [3.8, 4) is 5.75 Å². The summed E-state index contributed by atoms with van der Waals surface area (Å²) in [4.78, 5) is 15.6. The molecule has 1 aromatic heterocycles. The van der Waals surface area contributed by atoms with Gasteiger partial charge in [-0.15, -0.1) is 0 Å². The van der Waals surface area contributed by atoms with Gasteiger partial charge in [-0.2, -0.15) is 13.2 Å². The molecule has 0 spiro atoms. The van der Waals surface area contributed by atoms with Gasteiger partial charge in [0.2, 0.25) is 0 Å². The molecule has 8 heteroatoms. The van der Waals surface area contributed by atoms with Crippen molar-refractivity contribution in [3.05, 3.63) is 101 Å². The molecule has 0 atom stereocenters. The molecule has 0 saturated carbocycles. The number of carbonyl (C=O) groups excluding carboxylic acids is 1. The van der Waals surface area contributed by atoms with Crippen molar-refractivity contribution in [2.45, 2.75) is 19.3 Å². The molecule has 5 nitrogen and oxygen atoms in total. The number of carboxylic acid groups (broad SMARTS) is 1. The van der Waals surface area contributed by atoms with Crippen LogP contribution in [-0.4, -0.2) is 15.5 Å². The summed E-state index contributed by atoms with van der Waals surface area (Å²) in [5.41, 5.74) is 3.25. The van der Waals surface area contributed by atoms with E-state index < -0.39 is 17.7 Å². The molecule has 3 aromatic carbocycles. The Morgan fingerprint density at radius 2 is 1.91 bits per heavy atom. The van der Waals surface area contributed by atoms with Gasteiger partial charge in [0.25, 0.3) is 0 Å². The maximum absolute atomic E-state index is 13.0. The normalized spacial score (nSPS) is 14.5. The summed E-state index contributed by atoms with van der Waals surface area (Å²) in [5, 5.41) is 11.5. The van der Waals surface area contributed by atoms with Crippen molar-refractivity contribution < 1.29 is 27.8 Å². The van der Waals surface area contributed by atoms with E-state index in [-0.39, 0.29) is 11.1 Å². The van der Waals surface area contributed by atoms with E-state index in [1.54, 1.807) is 10.6 Å². The van der Waals surface area contributed by atoms with Gasteiger partial charge in [0.05, 0.1) is 28.9 Å². The zero-order valence-corrected chi connectivity index (χ0v) is 17.1. The van der Waals surface area contributed by atoms with Gasteiger partial charge in [-0.1, -0.05) is 30.3 Å². The van der Waals surface area contributed by atoms with Crippen LogP contribution in [0.1, 0.15) is 32.6 Å². The highest BCUT2D eigenvalue weighted by atomic mass is 19.4. The van der Waals surface area contributed by atoms with E-state index in [4.69, 9.17) is 4.74 Å². The number of rotatable bonds is 3. The number of aromatic nitrogens is 2. The van der Waals surface area contributed by atoms with Crippen molar-refractivity contribution in [2.75, 3.05) is 0 Å². The first-order valence-electron chi connectivity index (χ1n) is 10.1. The highest BCUT2D eigenvalue weighted by Crippen LogP contribution is 2.37. The largest absolute Gasteiger partial charge is 0.545 e. The number of hydrogen-bond acceptors (Lipinski definition) is 4. The second-order valence-corrected chi connectivity index (χ2v) is 7.66. The Hall–Kier alpha value is -4.07. The molecule has 1 aliphatic rings. The lowest BCUT2D eigenvalue weighted by Gasteiger charge is -2.13. The fraction of sp³-hybridized carbons (Fsp3) is 0.120. The lowest BCUT2D eigenvalue weighted by Crippen LogP contribution is -2.22. The van der Waals surface area contributed by atoms with E-state index in [0.717, 1.165) is 28.8 Å². The molecule has 166 valence electrons. The summed E-state index contributed by atoms with van der Waals surface area (Å²) in [6.45, 7) is 0.625. The molecule has 0 aliphatic carbocycles. The van der Waals surface area contributed by atoms with E-state index in [9.17, 15) is 23.1 Å². The minimum Gasteiger partial charge on any atom is -0.545 e. The highest BCUT2D eigenvalue weighted by Gasteiger charge is 2.30.